The van der Waals surface area contributed by atoms with E-state index in [4.69, 9.17) is 9.47 Å². The minimum absolute atomic E-state index is 0.523. The number of benzene rings is 2. The van der Waals surface area contributed by atoms with E-state index < -0.39 is 0 Å². The zero-order valence-corrected chi connectivity index (χ0v) is 15.2. The largest absolute Gasteiger partial charge is 0.493 e. The topological polar surface area (TPSA) is 43.4 Å². The Morgan fingerprint density at radius 1 is 0.885 bits per heavy atom. The van der Waals surface area contributed by atoms with Crippen molar-refractivity contribution in [3.8, 4) is 11.5 Å². The molecule has 0 aliphatic carbocycles. The number of rotatable bonds is 8. The van der Waals surface area contributed by atoms with E-state index in [1.165, 1.54) is 5.56 Å². The third kappa shape index (κ3) is 5.07. The minimum atomic E-state index is 0.523. The Morgan fingerprint density at radius 3 is 2.58 bits per heavy atom. The summed E-state index contributed by atoms with van der Waals surface area (Å²) in [4.78, 5) is 4.31. The molecule has 0 aliphatic rings. The van der Waals surface area contributed by atoms with E-state index in [1.54, 1.807) is 13.3 Å². The highest BCUT2D eigenvalue weighted by Crippen LogP contribution is 2.29. The summed E-state index contributed by atoms with van der Waals surface area (Å²) < 4.78 is 11.4. The molecule has 1 N–H and O–H groups in total. The summed E-state index contributed by atoms with van der Waals surface area (Å²) in [6.45, 7) is 4.08. The van der Waals surface area contributed by atoms with Gasteiger partial charge < -0.3 is 14.8 Å². The van der Waals surface area contributed by atoms with Crippen molar-refractivity contribution in [2.45, 2.75) is 26.6 Å². The molecule has 2 aromatic carbocycles. The van der Waals surface area contributed by atoms with E-state index >= 15 is 0 Å². The van der Waals surface area contributed by atoms with Crippen LogP contribution in [0.15, 0.2) is 66.9 Å². The summed E-state index contributed by atoms with van der Waals surface area (Å²) in [5.41, 5.74) is 4.54. The first-order chi connectivity index (χ1) is 12.7. The monoisotopic (exact) mass is 348 g/mol. The van der Waals surface area contributed by atoms with Crippen LogP contribution < -0.4 is 14.8 Å². The van der Waals surface area contributed by atoms with Gasteiger partial charge in [-0.15, -0.1) is 0 Å². The normalized spacial score (nSPS) is 10.5. The Morgan fingerprint density at radius 2 is 1.81 bits per heavy atom. The van der Waals surface area contributed by atoms with E-state index in [0.29, 0.717) is 6.61 Å². The number of methoxy groups -OCH3 is 1. The van der Waals surface area contributed by atoms with Crippen LogP contribution in [0.25, 0.3) is 0 Å². The molecule has 4 heteroatoms. The molecule has 0 spiro atoms. The van der Waals surface area contributed by atoms with Crippen molar-refractivity contribution in [3.63, 3.8) is 0 Å². The summed E-state index contributed by atoms with van der Waals surface area (Å²) in [5.74, 6) is 1.50. The molecule has 3 rings (SSSR count). The van der Waals surface area contributed by atoms with Crippen LogP contribution in [0.2, 0.25) is 0 Å². The maximum Gasteiger partial charge on any atom is 0.161 e. The number of hydrogen-bond acceptors (Lipinski definition) is 4. The van der Waals surface area contributed by atoms with Crippen LogP contribution in [0.5, 0.6) is 11.5 Å². The maximum absolute atomic E-state index is 5.94. The van der Waals surface area contributed by atoms with Crippen molar-refractivity contribution in [2.24, 2.45) is 0 Å². The lowest BCUT2D eigenvalue weighted by atomic mass is 10.1. The van der Waals surface area contributed by atoms with Crippen molar-refractivity contribution in [3.05, 3.63) is 89.2 Å². The van der Waals surface area contributed by atoms with Crippen molar-refractivity contribution in [1.29, 1.82) is 0 Å². The highest BCUT2D eigenvalue weighted by atomic mass is 16.5. The molecule has 0 bridgehead atoms. The van der Waals surface area contributed by atoms with Crippen LogP contribution in [0.4, 0.5) is 0 Å². The van der Waals surface area contributed by atoms with E-state index in [0.717, 1.165) is 41.4 Å². The van der Waals surface area contributed by atoms with Crippen molar-refractivity contribution in [1.82, 2.24) is 10.3 Å². The zero-order chi connectivity index (χ0) is 18.2. The van der Waals surface area contributed by atoms with Crippen LogP contribution in [0, 0.1) is 6.92 Å². The fourth-order valence-electron chi connectivity index (χ4n) is 2.74. The average molecular weight is 348 g/mol. The highest BCUT2D eigenvalue weighted by Gasteiger charge is 2.07. The molecule has 0 amide bonds. The molecule has 0 aliphatic heterocycles. The molecular weight excluding hydrogens is 324 g/mol. The minimum Gasteiger partial charge on any atom is -0.493 e. The molecule has 1 heterocycles. The van der Waals surface area contributed by atoms with Crippen molar-refractivity contribution < 1.29 is 9.47 Å². The molecule has 0 unspecified atom stereocenters. The van der Waals surface area contributed by atoms with Crippen LogP contribution in [0.1, 0.15) is 22.4 Å². The zero-order valence-electron chi connectivity index (χ0n) is 15.2. The first-order valence-corrected chi connectivity index (χ1v) is 8.70. The van der Waals surface area contributed by atoms with E-state index in [2.05, 4.69) is 41.5 Å². The summed E-state index contributed by atoms with van der Waals surface area (Å²) in [7, 11) is 1.67. The molecule has 0 saturated heterocycles. The predicted molar refractivity (Wildman–Crippen MR) is 103 cm³/mol. The second-order valence-corrected chi connectivity index (χ2v) is 6.19. The molecule has 1 aromatic heterocycles. The number of nitrogens with zero attached hydrogens (tertiary/aromatic N) is 1. The molecule has 0 atom stereocenters. The lowest BCUT2D eigenvalue weighted by Crippen LogP contribution is -2.13. The molecule has 134 valence electrons. The molecular formula is C22H24N2O2. The number of aromatic nitrogens is 1. The molecule has 26 heavy (non-hydrogen) atoms. The Balaban J connectivity index is 1.58. The summed E-state index contributed by atoms with van der Waals surface area (Å²) in [5, 5.41) is 3.39. The Labute approximate surface area is 154 Å². The van der Waals surface area contributed by atoms with Gasteiger partial charge in [-0.1, -0.05) is 42.0 Å². The second kappa shape index (κ2) is 9.02. The van der Waals surface area contributed by atoms with Crippen molar-refractivity contribution >= 4 is 0 Å². The van der Waals surface area contributed by atoms with Crippen LogP contribution in [0.3, 0.4) is 0 Å². The van der Waals surface area contributed by atoms with Crippen LogP contribution in [-0.2, 0) is 19.7 Å². The lowest BCUT2D eigenvalue weighted by molar-refractivity contribution is 0.284. The lowest BCUT2D eigenvalue weighted by Gasteiger charge is -2.13. The van der Waals surface area contributed by atoms with Crippen molar-refractivity contribution in [2.75, 3.05) is 7.11 Å². The number of ether oxygens (including phenoxy) is 2. The molecule has 4 nitrogen and oxygen atoms in total. The van der Waals surface area contributed by atoms with Gasteiger partial charge in [0.2, 0.25) is 0 Å². The van der Waals surface area contributed by atoms with Gasteiger partial charge >= 0.3 is 0 Å². The smallest absolute Gasteiger partial charge is 0.161 e. The van der Waals surface area contributed by atoms with Crippen LogP contribution >= 0.6 is 0 Å². The predicted octanol–water partition coefficient (Wildman–Crippen LogP) is 4.27. The fourth-order valence-corrected chi connectivity index (χ4v) is 2.74. The first kappa shape index (κ1) is 18.0. The quantitative estimate of drug-likeness (QED) is 0.660. The van der Waals surface area contributed by atoms with Gasteiger partial charge in [-0.25, -0.2) is 0 Å². The Hall–Kier alpha value is -2.85. The van der Waals surface area contributed by atoms with E-state index in [9.17, 15) is 0 Å². The Kier molecular flexibility index (Phi) is 6.23. The third-order valence-electron chi connectivity index (χ3n) is 4.07. The molecule has 3 aromatic rings. The van der Waals surface area contributed by atoms with E-state index in [-0.39, 0.29) is 0 Å². The fraction of sp³-hybridized carbons (Fsp3) is 0.227. The Bertz CT molecular complexity index is 835. The van der Waals surface area contributed by atoms with Gasteiger partial charge in [0.25, 0.3) is 0 Å². The number of hydrogen-bond donors (Lipinski definition) is 1. The number of aryl methyl sites for hydroxylation is 1. The molecule has 0 radical (unpaired) electrons. The highest BCUT2D eigenvalue weighted by molar-refractivity contribution is 5.43. The summed E-state index contributed by atoms with van der Waals surface area (Å²) in [6, 6.07) is 20.3. The van der Waals surface area contributed by atoms with Crippen LogP contribution in [-0.4, -0.2) is 12.1 Å². The standard InChI is InChI=1S/C22H24N2O2/c1-17-6-5-7-19(12-17)16-26-21-10-9-18(13-22(21)25-2)14-23-15-20-8-3-4-11-24-20/h3-13,23H,14-16H2,1-2H3. The van der Waals surface area contributed by atoms with Gasteiger partial charge in [0.15, 0.2) is 11.5 Å². The van der Waals surface area contributed by atoms with Gasteiger partial charge in [-0.05, 0) is 42.3 Å². The molecule has 0 saturated carbocycles. The summed E-state index contributed by atoms with van der Waals surface area (Å²) >= 11 is 0. The van der Waals surface area contributed by atoms with Gasteiger partial charge in [-0.3, -0.25) is 4.98 Å². The first-order valence-electron chi connectivity index (χ1n) is 8.70. The average Bonchev–Trinajstić information content (AvgIpc) is 2.67. The summed E-state index contributed by atoms with van der Waals surface area (Å²) in [6.07, 6.45) is 1.81. The van der Waals surface area contributed by atoms with Gasteiger partial charge in [0, 0.05) is 19.3 Å². The van der Waals surface area contributed by atoms with Gasteiger partial charge in [-0.2, -0.15) is 0 Å². The molecule has 0 fully saturated rings. The number of pyridine rings is 1. The SMILES string of the molecule is COc1cc(CNCc2ccccn2)ccc1OCc1cccc(C)c1. The third-order valence-corrected chi connectivity index (χ3v) is 4.07. The van der Waals surface area contributed by atoms with Gasteiger partial charge in [0.1, 0.15) is 6.61 Å². The maximum atomic E-state index is 5.94. The van der Waals surface area contributed by atoms with E-state index in [1.807, 2.05) is 36.4 Å². The van der Waals surface area contributed by atoms with Gasteiger partial charge in [0.05, 0.1) is 12.8 Å². The number of nitrogens with one attached hydrogen (secondary N) is 1. The second-order valence-electron chi connectivity index (χ2n) is 6.19.